The number of hydrogen-bond acceptors (Lipinski definition) is 0. The molecule has 1 rings (SSSR count). The first-order chi connectivity index (χ1) is 4.89. The van der Waals surface area contributed by atoms with E-state index in [0.717, 1.165) is 4.47 Å². The van der Waals surface area contributed by atoms with Gasteiger partial charge in [0, 0.05) is 16.9 Å². The Bertz CT molecular complexity index is 217. The molecule has 0 aliphatic heterocycles. The second-order valence-corrected chi connectivity index (χ2v) is 2.71. The van der Waals surface area contributed by atoms with Crippen molar-refractivity contribution in [2.45, 2.75) is 0 Å². The van der Waals surface area contributed by atoms with Gasteiger partial charge in [-0.2, -0.15) is 0 Å². The van der Waals surface area contributed by atoms with Crippen LogP contribution in [0.1, 0.15) is 0 Å². The molecule has 0 aromatic carbocycles. The molecule has 0 amide bonds. The Morgan fingerprint density at radius 3 is 2.60 bits per heavy atom. The zero-order valence-corrected chi connectivity index (χ0v) is 7.01. The molecule has 0 radical (unpaired) electrons. The molecule has 1 nitrogen and oxygen atoms in total. The zero-order chi connectivity index (χ0) is 7.23. The van der Waals surface area contributed by atoms with Crippen LogP contribution in [0.5, 0.6) is 0 Å². The van der Waals surface area contributed by atoms with Crippen molar-refractivity contribution in [3.8, 4) is 0 Å². The van der Waals surface area contributed by atoms with Crippen LogP contribution in [0.2, 0.25) is 0 Å². The van der Waals surface area contributed by atoms with Gasteiger partial charge in [-0.05, 0) is 24.3 Å². The van der Waals surface area contributed by atoms with Gasteiger partial charge in [-0.1, -0.05) is 22.0 Å². The van der Waals surface area contributed by atoms with Gasteiger partial charge < -0.3 is 4.98 Å². The van der Waals surface area contributed by atoms with Crippen LogP contribution in [0.3, 0.4) is 0 Å². The van der Waals surface area contributed by atoms with Gasteiger partial charge in [0.25, 0.3) is 0 Å². The molecule has 0 saturated heterocycles. The SMILES string of the molecule is Brc1cccc[nH]ccc1. The highest BCUT2D eigenvalue weighted by atomic mass is 79.9. The Balaban J connectivity index is 3.13. The Morgan fingerprint density at radius 1 is 1.00 bits per heavy atom. The molecule has 0 unspecified atom stereocenters. The van der Waals surface area contributed by atoms with E-state index >= 15 is 0 Å². The van der Waals surface area contributed by atoms with E-state index in [2.05, 4.69) is 20.9 Å². The van der Waals surface area contributed by atoms with Crippen LogP contribution in [-0.4, -0.2) is 4.98 Å². The quantitative estimate of drug-likeness (QED) is 0.659. The lowest BCUT2D eigenvalue weighted by Crippen LogP contribution is -1.52. The molecule has 52 valence electrons. The predicted octanol–water partition coefficient (Wildman–Crippen LogP) is 2.90. The lowest BCUT2D eigenvalue weighted by atomic mass is 10.5. The minimum atomic E-state index is 1.07. The van der Waals surface area contributed by atoms with E-state index in [9.17, 15) is 0 Å². The first-order valence-corrected chi connectivity index (χ1v) is 3.80. The third-order valence-corrected chi connectivity index (χ3v) is 1.54. The first kappa shape index (κ1) is 7.35. The van der Waals surface area contributed by atoms with E-state index in [4.69, 9.17) is 0 Å². The molecule has 0 spiro atoms. The first-order valence-electron chi connectivity index (χ1n) is 3.01. The molecule has 0 fully saturated rings. The van der Waals surface area contributed by atoms with Gasteiger partial charge in [-0.3, -0.25) is 0 Å². The smallest absolute Gasteiger partial charge is 0.0175 e. The maximum Gasteiger partial charge on any atom is 0.0175 e. The number of aromatic nitrogens is 1. The van der Waals surface area contributed by atoms with E-state index in [1.54, 1.807) is 0 Å². The molecule has 0 aliphatic carbocycles. The second-order valence-electron chi connectivity index (χ2n) is 1.80. The minimum Gasteiger partial charge on any atom is -0.368 e. The van der Waals surface area contributed by atoms with Gasteiger partial charge in [-0.15, -0.1) is 0 Å². The van der Waals surface area contributed by atoms with E-state index in [1.807, 2.05) is 42.7 Å². The monoisotopic (exact) mass is 197 g/mol. The van der Waals surface area contributed by atoms with Gasteiger partial charge in [-0.25, -0.2) is 0 Å². The lowest BCUT2D eigenvalue weighted by molar-refractivity contribution is 1.36. The van der Waals surface area contributed by atoms with Crippen molar-refractivity contribution in [1.82, 2.24) is 4.98 Å². The van der Waals surface area contributed by atoms with Crippen LogP contribution in [0.15, 0.2) is 47.2 Å². The summed E-state index contributed by atoms with van der Waals surface area (Å²) in [6.45, 7) is 0. The standard InChI is InChI=1S/C8H8BrN/c9-8-4-1-2-6-10-7-3-5-8/h1-7,10H. The Kier molecular flexibility index (Phi) is 3.03. The number of H-pyrrole nitrogens is 1. The summed E-state index contributed by atoms with van der Waals surface area (Å²) >= 11 is 3.37. The third kappa shape index (κ3) is 2.69. The van der Waals surface area contributed by atoms with Crippen molar-refractivity contribution in [1.29, 1.82) is 0 Å². The van der Waals surface area contributed by atoms with Gasteiger partial charge in [0.15, 0.2) is 0 Å². The zero-order valence-electron chi connectivity index (χ0n) is 5.42. The molecule has 0 saturated carbocycles. The summed E-state index contributed by atoms with van der Waals surface area (Å²) in [6.07, 6.45) is 3.73. The minimum absolute atomic E-state index is 1.07. The van der Waals surface area contributed by atoms with E-state index < -0.39 is 0 Å². The van der Waals surface area contributed by atoms with E-state index in [-0.39, 0.29) is 0 Å². The number of rotatable bonds is 0. The molecular formula is C8H8BrN. The van der Waals surface area contributed by atoms with Crippen LogP contribution in [0.25, 0.3) is 0 Å². The molecule has 1 N–H and O–H groups in total. The Morgan fingerprint density at radius 2 is 1.70 bits per heavy atom. The molecule has 1 aromatic rings. The summed E-state index contributed by atoms with van der Waals surface area (Å²) in [7, 11) is 0. The van der Waals surface area contributed by atoms with Crippen molar-refractivity contribution in [2.75, 3.05) is 0 Å². The van der Waals surface area contributed by atoms with Crippen molar-refractivity contribution in [3.63, 3.8) is 0 Å². The molecular weight excluding hydrogens is 190 g/mol. The fourth-order valence-corrected chi connectivity index (χ4v) is 0.871. The molecule has 10 heavy (non-hydrogen) atoms. The van der Waals surface area contributed by atoms with Gasteiger partial charge >= 0.3 is 0 Å². The summed E-state index contributed by atoms with van der Waals surface area (Å²) in [5.41, 5.74) is 0. The maximum absolute atomic E-state index is 3.37. The topological polar surface area (TPSA) is 15.8 Å². The molecule has 1 aromatic heterocycles. The lowest BCUT2D eigenvalue weighted by Gasteiger charge is -1.74. The highest BCUT2D eigenvalue weighted by molar-refractivity contribution is 9.10. The normalized spacial score (nSPS) is 8.50. The van der Waals surface area contributed by atoms with E-state index in [0.29, 0.717) is 0 Å². The molecule has 2 heteroatoms. The van der Waals surface area contributed by atoms with Crippen molar-refractivity contribution >= 4 is 15.9 Å². The molecule has 1 heterocycles. The number of nitrogens with one attached hydrogen (secondary N) is 1. The van der Waals surface area contributed by atoms with Crippen LogP contribution in [0, 0.1) is 0 Å². The summed E-state index contributed by atoms with van der Waals surface area (Å²) in [4.78, 5) is 2.97. The van der Waals surface area contributed by atoms with Gasteiger partial charge in [0.05, 0.1) is 0 Å². The fraction of sp³-hybridized carbons (Fsp3) is 0. The Labute approximate surface area is 68.6 Å². The van der Waals surface area contributed by atoms with Crippen LogP contribution >= 0.6 is 15.9 Å². The van der Waals surface area contributed by atoms with Crippen molar-refractivity contribution in [2.24, 2.45) is 0 Å². The van der Waals surface area contributed by atoms with Crippen LogP contribution in [0.4, 0.5) is 0 Å². The average Bonchev–Trinajstić information content (AvgIpc) is 2.02. The third-order valence-electron chi connectivity index (χ3n) is 1.01. The highest BCUT2D eigenvalue weighted by Crippen LogP contribution is 2.02. The van der Waals surface area contributed by atoms with E-state index in [1.165, 1.54) is 0 Å². The average molecular weight is 198 g/mol. The molecule has 0 aliphatic rings. The summed E-state index contributed by atoms with van der Waals surface area (Å²) in [6, 6.07) is 9.78. The van der Waals surface area contributed by atoms with Crippen molar-refractivity contribution in [3.05, 3.63) is 47.2 Å². The second kappa shape index (κ2) is 4.12. The predicted molar refractivity (Wildman–Crippen MR) is 46.1 cm³/mol. The van der Waals surface area contributed by atoms with Gasteiger partial charge in [0.2, 0.25) is 0 Å². The maximum atomic E-state index is 3.37. The largest absolute Gasteiger partial charge is 0.368 e. The van der Waals surface area contributed by atoms with Gasteiger partial charge in [0.1, 0.15) is 0 Å². The Hall–Kier alpha value is -0.760. The molecule has 0 atom stereocenters. The van der Waals surface area contributed by atoms with Crippen LogP contribution in [-0.2, 0) is 0 Å². The summed E-state index contributed by atoms with van der Waals surface area (Å²) < 4.78 is 1.07. The number of hydrogen-bond donors (Lipinski definition) is 1. The number of halogens is 1. The number of aromatic amines is 1. The summed E-state index contributed by atoms with van der Waals surface area (Å²) in [5, 5.41) is 0. The summed E-state index contributed by atoms with van der Waals surface area (Å²) in [5.74, 6) is 0. The van der Waals surface area contributed by atoms with Crippen molar-refractivity contribution < 1.29 is 0 Å². The highest BCUT2D eigenvalue weighted by Gasteiger charge is 1.72. The van der Waals surface area contributed by atoms with Crippen LogP contribution < -0.4 is 0 Å². The fourth-order valence-electron chi connectivity index (χ4n) is 0.565. The molecule has 0 bridgehead atoms.